The molecule has 4 heteroatoms. The van der Waals surface area contributed by atoms with Gasteiger partial charge in [-0.15, -0.1) is 0 Å². The summed E-state index contributed by atoms with van der Waals surface area (Å²) in [6.45, 7) is 8.18. The number of carbonyl (C=O) groups is 1. The van der Waals surface area contributed by atoms with E-state index in [0.717, 1.165) is 37.8 Å². The Hall–Kier alpha value is -2.33. The van der Waals surface area contributed by atoms with E-state index < -0.39 is 0 Å². The molecule has 4 rings (SSSR count). The van der Waals surface area contributed by atoms with Crippen molar-refractivity contribution in [1.82, 2.24) is 9.80 Å². The molecule has 28 heavy (non-hydrogen) atoms. The van der Waals surface area contributed by atoms with Crippen molar-refractivity contribution in [2.24, 2.45) is 5.92 Å². The van der Waals surface area contributed by atoms with E-state index >= 15 is 0 Å². The Morgan fingerprint density at radius 1 is 1.00 bits per heavy atom. The predicted molar refractivity (Wildman–Crippen MR) is 115 cm³/mol. The number of hydrogen-bond donors (Lipinski definition) is 1. The summed E-state index contributed by atoms with van der Waals surface area (Å²) in [7, 11) is 0. The van der Waals surface area contributed by atoms with Crippen LogP contribution in [-0.4, -0.2) is 48.1 Å². The van der Waals surface area contributed by atoms with Crippen LogP contribution in [-0.2, 0) is 6.42 Å². The van der Waals surface area contributed by atoms with Gasteiger partial charge in [0.25, 0.3) is 0 Å². The number of nitrogens with one attached hydrogen (secondary N) is 1. The van der Waals surface area contributed by atoms with E-state index in [2.05, 4.69) is 60.5 Å². The molecule has 0 radical (unpaired) electrons. The van der Waals surface area contributed by atoms with Crippen LogP contribution >= 0.6 is 0 Å². The minimum absolute atomic E-state index is 0.0264. The van der Waals surface area contributed by atoms with Gasteiger partial charge in [-0.2, -0.15) is 0 Å². The molecule has 148 valence electrons. The van der Waals surface area contributed by atoms with Crippen LogP contribution in [0.3, 0.4) is 0 Å². The molecule has 0 bridgehead atoms. The molecule has 4 nitrogen and oxygen atoms in total. The first kappa shape index (κ1) is 19.0. The predicted octanol–water partition coefficient (Wildman–Crippen LogP) is 4.47. The second kappa shape index (κ2) is 8.36. The number of urea groups is 1. The number of hydrogen-bond acceptors (Lipinski definition) is 2. The maximum Gasteiger partial charge on any atom is 0.321 e. The van der Waals surface area contributed by atoms with Crippen LogP contribution in [0.2, 0.25) is 0 Å². The Balaban J connectivity index is 1.20. The van der Waals surface area contributed by atoms with Gasteiger partial charge in [0.05, 0.1) is 0 Å². The molecule has 2 aromatic carbocycles. The molecule has 2 fully saturated rings. The first-order chi connectivity index (χ1) is 13.6. The van der Waals surface area contributed by atoms with Gasteiger partial charge in [0.1, 0.15) is 0 Å². The Bertz CT molecular complexity index is 806. The molecule has 2 heterocycles. The Labute approximate surface area is 168 Å². The highest BCUT2D eigenvalue weighted by molar-refractivity contribution is 5.90. The van der Waals surface area contributed by atoms with Crippen molar-refractivity contribution in [3.05, 3.63) is 65.2 Å². The normalized spacial score (nSPS) is 18.7. The molecule has 1 N–H and O–H groups in total. The van der Waals surface area contributed by atoms with Gasteiger partial charge < -0.3 is 10.2 Å². The standard InChI is InChI=1S/C24H31N3O/c1-18-8-9-22(14-19(18)2)25-24(28)27-16-23(17-27)26-12-10-21(11-13-26)15-20-6-4-3-5-7-20/h3-9,14,21,23H,10-13,15-17H2,1-2H3,(H,25,28). The monoisotopic (exact) mass is 377 g/mol. The van der Waals surface area contributed by atoms with Crippen molar-refractivity contribution in [3.8, 4) is 0 Å². The third-order valence-corrected chi connectivity index (χ3v) is 6.44. The summed E-state index contributed by atoms with van der Waals surface area (Å²) in [4.78, 5) is 17.0. The summed E-state index contributed by atoms with van der Waals surface area (Å²) in [6.07, 6.45) is 3.73. The number of benzene rings is 2. The lowest BCUT2D eigenvalue weighted by Gasteiger charge is -2.47. The molecular formula is C24H31N3O. The first-order valence-corrected chi connectivity index (χ1v) is 10.5. The van der Waals surface area contributed by atoms with E-state index in [1.807, 2.05) is 17.0 Å². The van der Waals surface area contributed by atoms with Crippen LogP contribution in [0.1, 0.15) is 29.5 Å². The van der Waals surface area contributed by atoms with Gasteiger partial charge >= 0.3 is 6.03 Å². The maximum absolute atomic E-state index is 12.5. The van der Waals surface area contributed by atoms with Crippen molar-refractivity contribution < 1.29 is 4.79 Å². The van der Waals surface area contributed by atoms with Crippen molar-refractivity contribution in [3.63, 3.8) is 0 Å². The molecule has 0 aliphatic carbocycles. The summed E-state index contributed by atoms with van der Waals surface area (Å²) in [5.41, 5.74) is 4.80. The zero-order chi connectivity index (χ0) is 19.5. The molecule has 2 saturated heterocycles. The van der Waals surface area contributed by atoms with Crippen LogP contribution in [0, 0.1) is 19.8 Å². The van der Waals surface area contributed by atoms with Gasteiger partial charge in [-0.3, -0.25) is 4.90 Å². The van der Waals surface area contributed by atoms with Crippen LogP contribution in [0.5, 0.6) is 0 Å². The number of likely N-dealkylation sites (tertiary alicyclic amines) is 2. The zero-order valence-electron chi connectivity index (χ0n) is 17.0. The van der Waals surface area contributed by atoms with Crippen LogP contribution < -0.4 is 5.32 Å². The molecule has 2 aliphatic rings. The van der Waals surface area contributed by atoms with Crippen LogP contribution in [0.15, 0.2) is 48.5 Å². The molecule has 0 spiro atoms. The number of carbonyl (C=O) groups excluding carboxylic acids is 1. The largest absolute Gasteiger partial charge is 0.321 e. The van der Waals surface area contributed by atoms with E-state index in [-0.39, 0.29) is 6.03 Å². The summed E-state index contributed by atoms with van der Waals surface area (Å²) < 4.78 is 0. The van der Waals surface area contributed by atoms with Gasteiger partial charge in [0.2, 0.25) is 0 Å². The fourth-order valence-corrected chi connectivity index (χ4v) is 4.34. The molecular weight excluding hydrogens is 346 g/mol. The van der Waals surface area contributed by atoms with Gasteiger partial charge in [-0.1, -0.05) is 36.4 Å². The zero-order valence-corrected chi connectivity index (χ0v) is 17.0. The molecule has 2 aliphatic heterocycles. The summed E-state index contributed by atoms with van der Waals surface area (Å²) >= 11 is 0. The fourth-order valence-electron chi connectivity index (χ4n) is 4.34. The summed E-state index contributed by atoms with van der Waals surface area (Å²) in [5, 5.41) is 3.04. The molecule has 2 aromatic rings. The van der Waals surface area contributed by atoms with Crippen LogP contribution in [0.4, 0.5) is 10.5 Å². The van der Waals surface area contributed by atoms with Gasteiger partial charge in [0, 0.05) is 24.8 Å². The quantitative estimate of drug-likeness (QED) is 0.853. The topological polar surface area (TPSA) is 35.6 Å². The summed E-state index contributed by atoms with van der Waals surface area (Å²) in [5.74, 6) is 0.794. The van der Waals surface area contributed by atoms with Gasteiger partial charge in [-0.05, 0) is 80.9 Å². The number of piperidine rings is 1. The lowest BCUT2D eigenvalue weighted by atomic mass is 9.89. The van der Waals surface area contributed by atoms with E-state index in [4.69, 9.17) is 0 Å². The second-order valence-corrected chi connectivity index (χ2v) is 8.46. The minimum atomic E-state index is 0.0264. The highest BCUT2D eigenvalue weighted by Gasteiger charge is 2.36. The van der Waals surface area contributed by atoms with Crippen molar-refractivity contribution in [1.29, 1.82) is 0 Å². The SMILES string of the molecule is Cc1ccc(NC(=O)N2CC(N3CCC(Cc4ccccc4)CC3)C2)cc1C. The third-order valence-electron chi connectivity index (χ3n) is 6.44. The van der Waals surface area contributed by atoms with Gasteiger partial charge in [-0.25, -0.2) is 4.79 Å². The number of aryl methyl sites for hydroxylation is 2. The van der Waals surface area contributed by atoms with Crippen molar-refractivity contribution in [2.75, 3.05) is 31.5 Å². The number of amides is 2. The lowest BCUT2D eigenvalue weighted by molar-refractivity contribution is 0.0383. The van der Waals surface area contributed by atoms with E-state index in [0.29, 0.717) is 6.04 Å². The van der Waals surface area contributed by atoms with Crippen molar-refractivity contribution in [2.45, 2.75) is 39.2 Å². The number of nitrogens with zero attached hydrogens (tertiary/aromatic N) is 2. The van der Waals surface area contributed by atoms with Crippen molar-refractivity contribution >= 4 is 11.7 Å². The average Bonchev–Trinajstić information content (AvgIpc) is 2.66. The lowest BCUT2D eigenvalue weighted by Crippen LogP contribution is -2.63. The molecule has 2 amide bonds. The van der Waals surface area contributed by atoms with E-state index in [1.165, 1.54) is 36.0 Å². The first-order valence-electron chi connectivity index (χ1n) is 10.5. The summed E-state index contributed by atoms with van der Waals surface area (Å²) in [6, 6.07) is 17.5. The number of rotatable bonds is 4. The van der Waals surface area contributed by atoms with E-state index in [1.54, 1.807) is 0 Å². The highest BCUT2D eigenvalue weighted by atomic mass is 16.2. The van der Waals surface area contributed by atoms with E-state index in [9.17, 15) is 4.79 Å². The molecule has 0 atom stereocenters. The molecule has 0 saturated carbocycles. The Morgan fingerprint density at radius 2 is 1.71 bits per heavy atom. The smallest absolute Gasteiger partial charge is 0.321 e. The highest BCUT2D eigenvalue weighted by Crippen LogP contribution is 2.26. The third kappa shape index (κ3) is 4.39. The maximum atomic E-state index is 12.5. The fraction of sp³-hybridized carbons (Fsp3) is 0.458. The average molecular weight is 378 g/mol. The van der Waals surface area contributed by atoms with Gasteiger partial charge in [0.15, 0.2) is 0 Å². The Kier molecular flexibility index (Phi) is 5.67. The molecule has 0 unspecified atom stereocenters. The molecule has 0 aromatic heterocycles. The minimum Gasteiger partial charge on any atom is -0.321 e. The second-order valence-electron chi connectivity index (χ2n) is 8.46. The van der Waals surface area contributed by atoms with Crippen LogP contribution in [0.25, 0.3) is 0 Å². The number of anilines is 1. The Morgan fingerprint density at radius 3 is 2.39 bits per heavy atom.